The van der Waals surface area contributed by atoms with E-state index >= 15 is 0 Å². The first-order valence-electron chi connectivity index (χ1n) is 10.5. The van der Waals surface area contributed by atoms with E-state index in [0.717, 1.165) is 19.4 Å². The van der Waals surface area contributed by atoms with Crippen LogP contribution in [0, 0.1) is 11.2 Å². The second-order valence-electron chi connectivity index (χ2n) is 9.29. The van der Waals surface area contributed by atoms with E-state index in [-0.39, 0.29) is 22.4 Å². The molecule has 0 amide bonds. The number of benzene rings is 2. The molecule has 1 saturated carbocycles. The Morgan fingerprint density at radius 2 is 1.89 bits per heavy atom. The second kappa shape index (κ2) is 6.21. The maximum atomic E-state index is 14.1. The Bertz CT molecular complexity index is 929. The van der Waals surface area contributed by atoms with Gasteiger partial charge in [0.2, 0.25) is 0 Å². The molecule has 2 N–H and O–H groups in total. The highest BCUT2D eigenvalue weighted by molar-refractivity contribution is 5.69. The molecule has 1 saturated heterocycles. The first-order valence-corrected chi connectivity index (χ1v) is 10.5. The Kier molecular flexibility index (Phi) is 3.99. The summed E-state index contributed by atoms with van der Waals surface area (Å²) in [5.74, 6) is -0.0867. The lowest BCUT2D eigenvalue weighted by atomic mass is 9.45. The van der Waals surface area contributed by atoms with Crippen molar-refractivity contribution < 1.29 is 9.50 Å². The molecule has 4 heteroatoms. The van der Waals surface area contributed by atoms with Crippen molar-refractivity contribution in [3.8, 4) is 5.75 Å². The molecular weight excluding hydrogens is 351 g/mol. The van der Waals surface area contributed by atoms with Gasteiger partial charge in [-0.15, -0.1) is 0 Å². The van der Waals surface area contributed by atoms with Gasteiger partial charge in [0.25, 0.3) is 0 Å². The van der Waals surface area contributed by atoms with Gasteiger partial charge in [0.05, 0.1) is 11.4 Å². The summed E-state index contributed by atoms with van der Waals surface area (Å²) in [6.45, 7) is 3.60. The van der Waals surface area contributed by atoms with E-state index in [1.54, 1.807) is 18.2 Å². The van der Waals surface area contributed by atoms with E-state index in [4.69, 9.17) is 0 Å². The number of likely N-dealkylation sites (N-methyl/N-ethyl adjacent to an activating group) is 1. The zero-order valence-corrected chi connectivity index (χ0v) is 16.8. The smallest absolute Gasteiger partial charge is 0.146 e. The van der Waals surface area contributed by atoms with Gasteiger partial charge in [-0.25, -0.2) is 4.39 Å². The number of halogens is 1. The van der Waals surface area contributed by atoms with Crippen molar-refractivity contribution in [2.75, 3.05) is 18.9 Å². The van der Waals surface area contributed by atoms with Crippen LogP contribution in [0.25, 0.3) is 0 Å². The summed E-state index contributed by atoms with van der Waals surface area (Å²) in [6.07, 6.45) is 7.19. The number of piperidine rings is 1. The van der Waals surface area contributed by atoms with Crippen LogP contribution in [-0.2, 0) is 11.8 Å². The molecular formula is C24H29FN2O. The van der Waals surface area contributed by atoms with Crippen molar-refractivity contribution in [2.45, 2.75) is 56.9 Å². The van der Waals surface area contributed by atoms with Gasteiger partial charge in [0, 0.05) is 11.5 Å². The Hall–Kier alpha value is -2.07. The molecule has 0 aromatic heterocycles. The number of nitrogens with one attached hydrogen (secondary N) is 1. The molecule has 0 radical (unpaired) electrons. The SMILES string of the molecule is CN1CC[C@@]23CCCC[C@]2(C)[C@@H]1Cc1cc(Nc2ccccc2F)c(O)cc13. The van der Waals surface area contributed by atoms with Crippen LogP contribution < -0.4 is 5.32 Å². The van der Waals surface area contributed by atoms with Crippen molar-refractivity contribution in [1.29, 1.82) is 0 Å². The topological polar surface area (TPSA) is 35.5 Å². The molecule has 28 heavy (non-hydrogen) atoms. The van der Waals surface area contributed by atoms with Crippen LogP contribution in [0.5, 0.6) is 5.75 Å². The van der Waals surface area contributed by atoms with Gasteiger partial charge in [0.15, 0.2) is 0 Å². The maximum Gasteiger partial charge on any atom is 0.146 e. The number of aromatic hydroxyl groups is 1. The van der Waals surface area contributed by atoms with Gasteiger partial charge in [-0.3, -0.25) is 0 Å². The molecule has 2 aliphatic carbocycles. The Morgan fingerprint density at radius 3 is 2.71 bits per heavy atom. The summed E-state index contributed by atoms with van der Waals surface area (Å²) in [5, 5.41) is 14.0. The summed E-state index contributed by atoms with van der Waals surface area (Å²) in [5.41, 5.74) is 4.07. The number of para-hydroxylation sites is 1. The predicted molar refractivity (Wildman–Crippen MR) is 111 cm³/mol. The van der Waals surface area contributed by atoms with Crippen LogP contribution in [0.4, 0.5) is 15.8 Å². The highest BCUT2D eigenvalue weighted by Gasteiger charge is 2.60. The molecule has 3 aliphatic rings. The van der Waals surface area contributed by atoms with Gasteiger partial charge >= 0.3 is 0 Å². The monoisotopic (exact) mass is 380 g/mol. The Balaban J connectivity index is 1.62. The zero-order chi connectivity index (χ0) is 19.5. The average molecular weight is 381 g/mol. The Labute approximate surface area is 166 Å². The third-order valence-corrected chi connectivity index (χ3v) is 8.10. The lowest BCUT2D eigenvalue weighted by molar-refractivity contribution is -0.0735. The molecule has 2 aromatic rings. The van der Waals surface area contributed by atoms with Crippen LogP contribution in [-0.4, -0.2) is 29.6 Å². The van der Waals surface area contributed by atoms with Gasteiger partial charge in [0.1, 0.15) is 11.6 Å². The number of hydrogen-bond acceptors (Lipinski definition) is 3. The fraction of sp³-hybridized carbons (Fsp3) is 0.500. The van der Waals surface area contributed by atoms with Crippen LogP contribution in [0.3, 0.4) is 0 Å². The third kappa shape index (κ3) is 2.37. The third-order valence-electron chi connectivity index (χ3n) is 8.10. The van der Waals surface area contributed by atoms with E-state index < -0.39 is 0 Å². The van der Waals surface area contributed by atoms with Gasteiger partial charge in [-0.1, -0.05) is 31.9 Å². The standard InChI is InChI=1S/C24H29FN2O/c1-23-9-5-6-10-24(23)11-12-27(2)22(23)14-16-13-20(21(28)15-17(16)24)26-19-8-4-3-7-18(19)25/h3-4,7-8,13,15,22,26,28H,5-6,9-12,14H2,1-2H3/t22-,23+,24+/m0/s1. The maximum absolute atomic E-state index is 14.1. The van der Waals surface area contributed by atoms with Crippen molar-refractivity contribution in [1.82, 2.24) is 4.90 Å². The largest absolute Gasteiger partial charge is 0.506 e. The molecule has 1 heterocycles. The van der Waals surface area contributed by atoms with Crippen LogP contribution in [0.15, 0.2) is 36.4 Å². The lowest BCUT2D eigenvalue weighted by Gasteiger charge is -2.65. The fourth-order valence-electron chi connectivity index (χ4n) is 6.57. The summed E-state index contributed by atoms with van der Waals surface area (Å²) in [6, 6.07) is 11.2. The highest BCUT2D eigenvalue weighted by atomic mass is 19.1. The molecule has 0 unspecified atom stereocenters. The van der Waals surface area contributed by atoms with E-state index in [9.17, 15) is 9.50 Å². The average Bonchev–Trinajstić information content (AvgIpc) is 2.68. The minimum Gasteiger partial charge on any atom is -0.506 e. The van der Waals surface area contributed by atoms with Crippen LogP contribution in [0.1, 0.15) is 50.2 Å². The summed E-state index contributed by atoms with van der Waals surface area (Å²) in [4.78, 5) is 2.54. The van der Waals surface area contributed by atoms with E-state index in [0.29, 0.717) is 17.4 Å². The lowest BCUT2D eigenvalue weighted by Crippen LogP contribution is -2.66. The predicted octanol–water partition coefficient (Wildman–Crippen LogP) is 5.35. The second-order valence-corrected chi connectivity index (χ2v) is 9.29. The van der Waals surface area contributed by atoms with Crippen molar-refractivity contribution in [2.24, 2.45) is 5.41 Å². The number of phenols is 1. The summed E-state index contributed by atoms with van der Waals surface area (Å²) < 4.78 is 14.1. The van der Waals surface area contributed by atoms with Gasteiger partial charge in [-0.2, -0.15) is 0 Å². The molecule has 2 aromatic carbocycles. The van der Waals surface area contributed by atoms with Gasteiger partial charge < -0.3 is 15.3 Å². The van der Waals surface area contributed by atoms with E-state index in [1.807, 2.05) is 6.07 Å². The van der Waals surface area contributed by atoms with Crippen LogP contribution >= 0.6 is 0 Å². The van der Waals surface area contributed by atoms with E-state index in [2.05, 4.69) is 30.3 Å². The van der Waals surface area contributed by atoms with E-state index in [1.165, 1.54) is 42.9 Å². The minimum absolute atomic E-state index is 0.157. The van der Waals surface area contributed by atoms with Gasteiger partial charge in [-0.05, 0) is 80.1 Å². The number of fused-ring (bicyclic) bond motifs is 1. The zero-order valence-electron chi connectivity index (χ0n) is 16.8. The molecule has 2 bridgehead atoms. The van der Waals surface area contributed by atoms with Crippen molar-refractivity contribution in [3.63, 3.8) is 0 Å². The fourth-order valence-corrected chi connectivity index (χ4v) is 6.57. The highest BCUT2D eigenvalue weighted by Crippen LogP contribution is 2.63. The van der Waals surface area contributed by atoms with Crippen molar-refractivity contribution >= 4 is 11.4 Å². The summed E-state index contributed by atoms with van der Waals surface area (Å²) >= 11 is 0. The number of rotatable bonds is 2. The number of likely N-dealkylation sites (tertiary alicyclic amines) is 1. The molecule has 148 valence electrons. The summed E-state index contributed by atoms with van der Waals surface area (Å²) in [7, 11) is 2.26. The first-order chi connectivity index (χ1) is 13.4. The molecule has 1 aliphatic heterocycles. The number of hydrogen-bond donors (Lipinski definition) is 2. The molecule has 2 fully saturated rings. The number of nitrogens with zero attached hydrogens (tertiary/aromatic N) is 1. The normalized spacial score (nSPS) is 31.8. The number of phenolic OH excluding ortho intramolecular Hbond substituents is 1. The molecule has 0 spiro atoms. The molecule has 5 rings (SSSR count). The first kappa shape index (κ1) is 18.0. The quantitative estimate of drug-likeness (QED) is 0.689. The molecule has 3 atom stereocenters. The minimum atomic E-state index is -0.310. The van der Waals surface area contributed by atoms with Crippen molar-refractivity contribution in [3.05, 3.63) is 53.3 Å². The molecule has 3 nitrogen and oxygen atoms in total. The Morgan fingerprint density at radius 1 is 1.11 bits per heavy atom. The number of anilines is 2. The van der Waals surface area contributed by atoms with Crippen LogP contribution in [0.2, 0.25) is 0 Å².